The number of pyridine rings is 2. The van der Waals surface area contributed by atoms with Gasteiger partial charge in [0.25, 0.3) is 5.56 Å². The standard InChI is InChI=1S/C24H20N6O2S/c1-16-8-9-20(26-15-16)30-23(31)18-5-2-3-6-19(18)27-24(30)33-14-4-7-21-28-22(29-32-21)17-10-12-25-13-11-17/h2-3,5-6,8-13,15H,4,7,14H2,1H3. The molecule has 8 nitrogen and oxygen atoms in total. The summed E-state index contributed by atoms with van der Waals surface area (Å²) in [7, 11) is 0. The Morgan fingerprint density at radius 2 is 1.88 bits per heavy atom. The van der Waals surface area contributed by atoms with Crippen LogP contribution in [0.3, 0.4) is 0 Å². The molecule has 0 atom stereocenters. The first-order valence-corrected chi connectivity index (χ1v) is 11.5. The lowest BCUT2D eigenvalue weighted by Crippen LogP contribution is -2.22. The van der Waals surface area contributed by atoms with E-state index in [2.05, 4.69) is 20.1 Å². The summed E-state index contributed by atoms with van der Waals surface area (Å²) in [5.74, 6) is 2.41. The Morgan fingerprint density at radius 3 is 2.70 bits per heavy atom. The summed E-state index contributed by atoms with van der Waals surface area (Å²) in [6.45, 7) is 1.96. The Hall–Kier alpha value is -3.85. The quantitative estimate of drug-likeness (QED) is 0.203. The fourth-order valence-corrected chi connectivity index (χ4v) is 4.30. The van der Waals surface area contributed by atoms with Crippen LogP contribution >= 0.6 is 11.8 Å². The molecule has 164 valence electrons. The smallest absolute Gasteiger partial charge is 0.267 e. The minimum atomic E-state index is -0.127. The van der Waals surface area contributed by atoms with E-state index in [1.165, 1.54) is 11.8 Å². The number of hydrogen-bond donors (Lipinski definition) is 0. The first kappa shape index (κ1) is 21.0. The molecule has 0 radical (unpaired) electrons. The van der Waals surface area contributed by atoms with Gasteiger partial charge in [0.05, 0.1) is 10.9 Å². The highest BCUT2D eigenvalue weighted by Crippen LogP contribution is 2.22. The van der Waals surface area contributed by atoms with Crippen molar-refractivity contribution in [3.05, 3.63) is 88.9 Å². The third-order valence-corrected chi connectivity index (χ3v) is 6.07. The number of fused-ring (bicyclic) bond motifs is 1. The van der Waals surface area contributed by atoms with Crippen molar-refractivity contribution < 1.29 is 4.52 Å². The topological polar surface area (TPSA) is 99.6 Å². The predicted octanol–water partition coefficient (Wildman–Crippen LogP) is 4.26. The molecule has 4 aromatic heterocycles. The van der Waals surface area contributed by atoms with Crippen molar-refractivity contribution in [1.29, 1.82) is 0 Å². The summed E-state index contributed by atoms with van der Waals surface area (Å²) in [4.78, 5) is 30.9. The molecular formula is C24H20N6O2S. The van der Waals surface area contributed by atoms with Crippen LogP contribution in [0.15, 0.2) is 81.6 Å². The van der Waals surface area contributed by atoms with E-state index in [0.717, 1.165) is 23.3 Å². The van der Waals surface area contributed by atoms with Gasteiger partial charge in [0.15, 0.2) is 5.16 Å². The summed E-state index contributed by atoms with van der Waals surface area (Å²) in [5.41, 5.74) is 2.44. The van der Waals surface area contributed by atoms with Gasteiger partial charge in [0.2, 0.25) is 11.7 Å². The largest absolute Gasteiger partial charge is 0.339 e. The van der Waals surface area contributed by atoms with E-state index in [1.807, 2.05) is 49.4 Å². The number of para-hydroxylation sites is 1. The molecule has 4 heterocycles. The molecule has 5 aromatic rings. The summed E-state index contributed by atoms with van der Waals surface area (Å²) < 4.78 is 6.96. The summed E-state index contributed by atoms with van der Waals surface area (Å²) in [6, 6.07) is 14.8. The molecule has 0 aliphatic rings. The second-order valence-electron chi connectivity index (χ2n) is 7.45. The van der Waals surface area contributed by atoms with E-state index >= 15 is 0 Å². The molecule has 1 aromatic carbocycles. The number of nitrogens with zero attached hydrogens (tertiary/aromatic N) is 6. The first-order chi connectivity index (χ1) is 16.2. The van der Waals surface area contributed by atoms with Gasteiger partial charge in [-0.25, -0.2) is 14.5 Å². The second-order valence-corrected chi connectivity index (χ2v) is 8.51. The van der Waals surface area contributed by atoms with Gasteiger partial charge in [0, 0.05) is 36.3 Å². The lowest BCUT2D eigenvalue weighted by atomic mass is 10.2. The molecule has 0 saturated heterocycles. The fourth-order valence-electron chi connectivity index (χ4n) is 3.36. The Labute approximate surface area is 193 Å². The van der Waals surface area contributed by atoms with E-state index in [-0.39, 0.29) is 5.56 Å². The lowest BCUT2D eigenvalue weighted by Gasteiger charge is -2.12. The van der Waals surface area contributed by atoms with Crippen LogP contribution in [-0.2, 0) is 6.42 Å². The maximum atomic E-state index is 13.3. The highest BCUT2D eigenvalue weighted by Gasteiger charge is 2.14. The third kappa shape index (κ3) is 4.54. The van der Waals surface area contributed by atoms with Gasteiger partial charge in [-0.15, -0.1) is 0 Å². The minimum Gasteiger partial charge on any atom is -0.339 e. The molecule has 0 unspecified atom stereocenters. The zero-order valence-electron chi connectivity index (χ0n) is 17.9. The molecule has 0 N–H and O–H groups in total. The SMILES string of the molecule is Cc1ccc(-n2c(SCCCc3nc(-c4ccncc4)no3)nc3ccccc3c2=O)nc1. The highest BCUT2D eigenvalue weighted by atomic mass is 32.2. The molecule has 0 bridgehead atoms. The van der Waals surface area contributed by atoms with Crippen LogP contribution in [0.2, 0.25) is 0 Å². The summed E-state index contributed by atoms with van der Waals surface area (Å²) in [5, 5.41) is 5.22. The molecule has 0 saturated carbocycles. The van der Waals surface area contributed by atoms with E-state index in [1.54, 1.807) is 29.2 Å². The maximum Gasteiger partial charge on any atom is 0.267 e. The number of hydrogen-bond acceptors (Lipinski definition) is 8. The Bertz CT molecular complexity index is 1450. The van der Waals surface area contributed by atoms with Gasteiger partial charge in [-0.1, -0.05) is 35.1 Å². The van der Waals surface area contributed by atoms with Crippen molar-refractivity contribution >= 4 is 22.7 Å². The first-order valence-electron chi connectivity index (χ1n) is 10.5. The van der Waals surface area contributed by atoms with Gasteiger partial charge < -0.3 is 4.52 Å². The molecule has 0 amide bonds. The lowest BCUT2D eigenvalue weighted by molar-refractivity contribution is 0.378. The highest BCUT2D eigenvalue weighted by molar-refractivity contribution is 7.99. The van der Waals surface area contributed by atoms with Crippen molar-refractivity contribution in [1.82, 2.24) is 29.7 Å². The molecule has 5 rings (SSSR count). The number of rotatable bonds is 7. The van der Waals surface area contributed by atoms with E-state index in [9.17, 15) is 4.79 Å². The van der Waals surface area contributed by atoms with Crippen LogP contribution in [0.25, 0.3) is 28.1 Å². The van der Waals surface area contributed by atoms with Crippen LogP contribution < -0.4 is 5.56 Å². The van der Waals surface area contributed by atoms with E-state index in [4.69, 9.17) is 9.51 Å². The number of aromatic nitrogens is 6. The van der Waals surface area contributed by atoms with Gasteiger partial charge >= 0.3 is 0 Å². The average Bonchev–Trinajstić information content (AvgIpc) is 3.32. The fraction of sp³-hybridized carbons (Fsp3) is 0.167. The predicted molar refractivity (Wildman–Crippen MR) is 126 cm³/mol. The van der Waals surface area contributed by atoms with Gasteiger partial charge in [0.1, 0.15) is 5.82 Å². The van der Waals surface area contributed by atoms with Crippen LogP contribution in [0.1, 0.15) is 17.9 Å². The molecule has 9 heteroatoms. The van der Waals surface area contributed by atoms with Gasteiger partial charge in [-0.05, 0) is 49.2 Å². The molecule has 0 fully saturated rings. The van der Waals surface area contributed by atoms with E-state index < -0.39 is 0 Å². The monoisotopic (exact) mass is 456 g/mol. The third-order valence-electron chi connectivity index (χ3n) is 5.04. The van der Waals surface area contributed by atoms with Crippen molar-refractivity contribution in [2.75, 3.05) is 5.75 Å². The normalized spacial score (nSPS) is 11.2. The molecule has 0 aliphatic carbocycles. The Balaban J connectivity index is 1.34. The van der Waals surface area contributed by atoms with Crippen LogP contribution in [0, 0.1) is 6.92 Å². The minimum absolute atomic E-state index is 0.127. The molecule has 0 aliphatic heterocycles. The van der Waals surface area contributed by atoms with Crippen LogP contribution in [0.4, 0.5) is 0 Å². The average molecular weight is 457 g/mol. The van der Waals surface area contributed by atoms with Gasteiger partial charge in [-0.3, -0.25) is 9.78 Å². The summed E-state index contributed by atoms with van der Waals surface area (Å²) in [6.07, 6.45) is 6.56. The summed E-state index contributed by atoms with van der Waals surface area (Å²) >= 11 is 1.51. The Kier molecular flexibility index (Phi) is 5.95. The van der Waals surface area contributed by atoms with Crippen molar-refractivity contribution in [2.45, 2.75) is 24.9 Å². The van der Waals surface area contributed by atoms with Crippen molar-refractivity contribution in [3.8, 4) is 17.2 Å². The Morgan fingerprint density at radius 1 is 1.03 bits per heavy atom. The second kappa shape index (κ2) is 9.33. The number of aryl methyl sites for hydroxylation is 2. The van der Waals surface area contributed by atoms with E-state index in [0.29, 0.717) is 40.0 Å². The van der Waals surface area contributed by atoms with Crippen molar-refractivity contribution in [2.24, 2.45) is 0 Å². The molecule has 0 spiro atoms. The zero-order chi connectivity index (χ0) is 22.6. The van der Waals surface area contributed by atoms with Crippen LogP contribution in [-0.4, -0.2) is 35.4 Å². The maximum absolute atomic E-state index is 13.3. The van der Waals surface area contributed by atoms with Gasteiger partial charge in [-0.2, -0.15) is 4.98 Å². The molecule has 33 heavy (non-hydrogen) atoms. The number of thioether (sulfide) groups is 1. The molecular weight excluding hydrogens is 436 g/mol. The van der Waals surface area contributed by atoms with Crippen molar-refractivity contribution in [3.63, 3.8) is 0 Å². The number of benzene rings is 1. The zero-order valence-corrected chi connectivity index (χ0v) is 18.7. The van der Waals surface area contributed by atoms with Crippen LogP contribution in [0.5, 0.6) is 0 Å².